The molecule has 0 rings (SSSR count). The van der Waals surface area contributed by atoms with E-state index in [-0.39, 0.29) is 0 Å². The highest BCUT2D eigenvalue weighted by Crippen LogP contribution is 2.43. The van der Waals surface area contributed by atoms with Crippen LogP contribution in [0.1, 0.15) is 80.1 Å². The number of hydrogen-bond acceptors (Lipinski definition) is 4. The van der Waals surface area contributed by atoms with Gasteiger partial charge >= 0.3 is 0 Å². The van der Waals surface area contributed by atoms with Crippen molar-refractivity contribution in [2.45, 2.75) is 80.1 Å². The highest BCUT2D eigenvalue weighted by atomic mass is 14.4. The molecule has 0 bridgehead atoms. The minimum Gasteiger partial charge on any atom is -0.193 e. The topological polar surface area (TPSA) is 95.2 Å². The van der Waals surface area contributed by atoms with Crippen LogP contribution < -0.4 is 0 Å². The Hall–Kier alpha value is -3.08. The van der Waals surface area contributed by atoms with Gasteiger partial charge in [0.1, 0.15) is 0 Å². The SMILES string of the molecule is CCC(CC)=C(C#N)/C=C(\C#N)C(CC)(CC)/C(C#N)=C/C(C#N)=C(CC)CC. The Balaban J connectivity index is 7.03. The van der Waals surface area contributed by atoms with Gasteiger partial charge in [0.15, 0.2) is 0 Å². The summed E-state index contributed by atoms with van der Waals surface area (Å²) in [6, 6.07) is 8.97. The lowest BCUT2D eigenvalue weighted by Gasteiger charge is -2.31. The second-order valence-electron chi connectivity index (χ2n) is 6.80. The molecule has 0 spiro atoms. The number of rotatable bonds is 10. The highest BCUT2D eigenvalue weighted by Gasteiger charge is 2.36. The summed E-state index contributed by atoms with van der Waals surface area (Å²) in [5, 5.41) is 39.2. The third-order valence-electron chi connectivity index (χ3n) is 5.77. The zero-order valence-electron chi connectivity index (χ0n) is 18.7. The maximum absolute atomic E-state index is 9.97. The lowest BCUT2D eigenvalue weighted by Crippen LogP contribution is -2.24. The quantitative estimate of drug-likeness (QED) is 0.298. The summed E-state index contributed by atoms with van der Waals surface area (Å²) in [6.45, 7) is 11.8. The Morgan fingerprint density at radius 3 is 1.07 bits per heavy atom. The van der Waals surface area contributed by atoms with E-state index in [2.05, 4.69) is 24.3 Å². The fraction of sp³-hybridized carbons (Fsp3) is 0.520. The Labute approximate surface area is 176 Å². The van der Waals surface area contributed by atoms with Crippen LogP contribution in [0.5, 0.6) is 0 Å². The first-order chi connectivity index (χ1) is 13.9. The number of nitrogens with zero attached hydrogens (tertiary/aromatic N) is 4. The monoisotopic (exact) mass is 388 g/mol. The van der Waals surface area contributed by atoms with Crippen molar-refractivity contribution in [3.63, 3.8) is 0 Å². The summed E-state index contributed by atoms with van der Waals surface area (Å²) in [7, 11) is 0. The normalized spacial score (nSPS) is 11.5. The molecule has 0 aromatic heterocycles. The van der Waals surface area contributed by atoms with Crippen molar-refractivity contribution in [1.82, 2.24) is 0 Å². The fourth-order valence-corrected chi connectivity index (χ4v) is 3.69. The maximum atomic E-state index is 9.97. The van der Waals surface area contributed by atoms with Crippen molar-refractivity contribution in [1.29, 1.82) is 21.0 Å². The predicted molar refractivity (Wildman–Crippen MR) is 117 cm³/mol. The van der Waals surface area contributed by atoms with E-state index in [0.717, 1.165) is 36.8 Å². The molecule has 29 heavy (non-hydrogen) atoms. The third kappa shape index (κ3) is 5.95. The summed E-state index contributed by atoms with van der Waals surface area (Å²) < 4.78 is 0. The number of hydrogen-bond donors (Lipinski definition) is 0. The van der Waals surface area contributed by atoms with Gasteiger partial charge in [-0.15, -0.1) is 0 Å². The summed E-state index contributed by atoms with van der Waals surface area (Å²) >= 11 is 0. The van der Waals surface area contributed by atoms with Gasteiger partial charge in [-0.05, 0) is 50.7 Å². The molecular weight excluding hydrogens is 356 g/mol. The van der Waals surface area contributed by atoms with Crippen LogP contribution in [-0.2, 0) is 0 Å². The van der Waals surface area contributed by atoms with Gasteiger partial charge in [0.05, 0.1) is 35.4 Å². The second kappa shape index (κ2) is 13.2. The van der Waals surface area contributed by atoms with Crippen molar-refractivity contribution in [2.24, 2.45) is 5.41 Å². The van der Waals surface area contributed by atoms with Crippen molar-refractivity contribution < 1.29 is 0 Å². The van der Waals surface area contributed by atoms with Gasteiger partial charge in [-0.3, -0.25) is 0 Å². The van der Waals surface area contributed by atoms with E-state index in [1.54, 1.807) is 12.2 Å². The smallest absolute Gasteiger partial charge is 0.0991 e. The van der Waals surface area contributed by atoms with Crippen molar-refractivity contribution in [3.05, 3.63) is 45.6 Å². The van der Waals surface area contributed by atoms with Crippen LogP contribution in [0.2, 0.25) is 0 Å². The zero-order chi connectivity index (χ0) is 22.4. The highest BCUT2D eigenvalue weighted by molar-refractivity contribution is 5.54. The van der Waals surface area contributed by atoms with Gasteiger partial charge in [0.25, 0.3) is 0 Å². The molecule has 0 radical (unpaired) electrons. The fourth-order valence-electron chi connectivity index (χ4n) is 3.69. The molecule has 4 heteroatoms. The first-order valence-electron chi connectivity index (χ1n) is 10.4. The van der Waals surface area contributed by atoms with Crippen molar-refractivity contribution >= 4 is 0 Å². The summed E-state index contributed by atoms with van der Waals surface area (Å²) in [6.07, 6.45) is 7.29. The second-order valence-corrected chi connectivity index (χ2v) is 6.80. The van der Waals surface area contributed by atoms with Crippen LogP contribution in [-0.4, -0.2) is 0 Å². The average molecular weight is 389 g/mol. The minimum atomic E-state index is -0.827. The van der Waals surface area contributed by atoms with Gasteiger partial charge in [-0.1, -0.05) is 52.7 Å². The van der Waals surface area contributed by atoms with Crippen LogP contribution in [0.3, 0.4) is 0 Å². The molecule has 0 fully saturated rings. The Kier molecular flexibility index (Phi) is 11.8. The minimum absolute atomic E-state index is 0.401. The van der Waals surface area contributed by atoms with Crippen molar-refractivity contribution in [3.8, 4) is 24.3 Å². The molecule has 0 amide bonds. The molecule has 0 aliphatic rings. The maximum Gasteiger partial charge on any atom is 0.0991 e. The van der Waals surface area contributed by atoms with E-state index in [0.29, 0.717) is 35.1 Å². The first kappa shape index (κ1) is 25.9. The van der Waals surface area contributed by atoms with E-state index >= 15 is 0 Å². The molecule has 152 valence electrons. The van der Waals surface area contributed by atoms with Gasteiger partial charge < -0.3 is 0 Å². The zero-order valence-corrected chi connectivity index (χ0v) is 18.7. The molecule has 0 unspecified atom stereocenters. The van der Waals surface area contributed by atoms with Crippen LogP contribution >= 0.6 is 0 Å². The largest absolute Gasteiger partial charge is 0.193 e. The molecular formula is C25H32N4. The Morgan fingerprint density at radius 2 is 0.897 bits per heavy atom. The molecule has 0 aromatic rings. The van der Waals surface area contributed by atoms with Crippen LogP contribution in [0.4, 0.5) is 0 Å². The van der Waals surface area contributed by atoms with Gasteiger partial charge in [-0.2, -0.15) is 21.0 Å². The van der Waals surface area contributed by atoms with E-state index in [1.165, 1.54) is 0 Å². The van der Waals surface area contributed by atoms with Gasteiger partial charge in [0.2, 0.25) is 0 Å². The Bertz CT molecular complexity index is 782. The van der Waals surface area contributed by atoms with Crippen LogP contribution in [0.25, 0.3) is 0 Å². The van der Waals surface area contributed by atoms with E-state index in [4.69, 9.17) is 0 Å². The lowest BCUT2D eigenvalue weighted by molar-refractivity contribution is 0.419. The third-order valence-corrected chi connectivity index (χ3v) is 5.77. The molecule has 0 saturated carbocycles. The standard InChI is InChI=1S/C25H32N4/c1-7-19(8-2)21(15-26)13-23(17-28)25(11-5,12-6)24(18-29)14-22(16-27)20(9-3)10-4/h13-14H,7-12H2,1-6H3/b23-13+,24-14+. The molecule has 0 N–H and O–H groups in total. The van der Waals surface area contributed by atoms with E-state index < -0.39 is 5.41 Å². The first-order valence-corrected chi connectivity index (χ1v) is 10.4. The van der Waals surface area contributed by atoms with Gasteiger partial charge in [-0.25, -0.2) is 0 Å². The molecule has 0 aromatic carbocycles. The summed E-state index contributed by atoms with van der Waals surface area (Å²) in [5.41, 5.74) is 2.94. The van der Waals surface area contributed by atoms with Crippen LogP contribution in [0.15, 0.2) is 45.6 Å². The molecule has 0 saturated heterocycles. The predicted octanol–water partition coefficient (Wildman–Crippen LogP) is 6.97. The van der Waals surface area contributed by atoms with E-state index in [9.17, 15) is 21.0 Å². The van der Waals surface area contributed by atoms with Gasteiger partial charge in [0, 0.05) is 16.6 Å². The summed E-state index contributed by atoms with van der Waals surface area (Å²) in [4.78, 5) is 0. The van der Waals surface area contributed by atoms with Crippen molar-refractivity contribution in [2.75, 3.05) is 0 Å². The molecule has 0 aliphatic carbocycles. The van der Waals surface area contributed by atoms with E-state index in [1.807, 2.05) is 41.5 Å². The summed E-state index contributed by atoms with van der Waals surface area (Å²) in [5.74, 6) is 0. The number of allylic oxidation sites excluding steroid dienone is 8. The number of nitriles is 4. The lowest BCUT2D eigenvalue weighted by atomic mass is 9.69. The molecule has 0 heterocycles. The Morgan fingerprint density at radius 1 is 0.586 bits per heavy atom. The molecule has 0 atom stereocenters. The average Bonchev–Trinajstić information content (AvgIpc) is 2.76. The molecule has 0 aliphatic heterocycles. The van der Waals surface area contributed by atoms with Crippen LogP contribution in [0, 0.1) is 50.7 Å². The molecule has 4 nitrogen and oxygen atoms in total.